The van der Waals surface area contributed by atoms with E-state index in [9.17, 15) is 0 Å². The Hall–Kier alpha value is -2.22. The Labute approximate surface area is 160 Å². The molecular weight excluding hydrogens is 346 g/mol. The summed E-state index contributed by atoms with van der Waals surface area (Å²) in [5.74, 6) is 0.798. The van der Waals surface area contributed by atoms with Gasteiger partial charge in [0.05, 0.1) is 25.1 Å². The average molecular weight is 372 g/mol. The molecule has 2 heterocycles. The first-order valence-electron chi connectivity index (χ1n) is 8.84. The van der Waals surface area contributed by atoms with Gasteiger partial charge in [0, 0.05) is 31.9 Å². The van der Waals surface area contributed by atoms with Crippen LogP contribution in [0.15, 0.2) is 42.6 Å². The molecule has 3 N–H and O–H groups in total. The van der Waals surface area contributed by atoms with Gasteiger partial charge in [-0.05, 0) is 49.0 Å². The third-order valence-corrected chi connectivity index (χ3v) is 4.38. The van der Waals surface area contributed by atoms with E-state index in [4.69, 9.17) is 17.0 Å². The summed E-state index contributed by atoms with van der Waals surface area (Å²) < 4.78 is 5.35. The summed E-state index contributed by atoms with van der Waals surface area (Å²) in [7, 11) is 0. The van der Waals surface area contributed by atoms with Crippen molar-refractivity contribution in [3.05, 3.63) is 48.2 Å². The van der Waals surface area contributed by atoms with Crippen molar-refractivity contribution in [3.8, 4) is 0 Å². The van der Waals surface area contributed by atoms with Crippen LogP contribution in [0.25, 0.3) is 0 Å². The van der Waals surface area contributed by atoms with E-state index in [0.29, 0.717) is 5.11 Å². The van der Waals surface area contributed by atoms with E-state index in [1.54, 1.807) is 6.20 Å². The number of nitrogens with zero attached hydrogens (tertiary/aromatic N) is 2. The van der Waals surface area contributed by atoms with Crippen molar-refractivity contribution < 1.29 is 4.74 Å². The molecular formula is C19H25N5OS. The molecule has 1 aromatic heterocycles. The predicted molar refractivity (Wildman–Crippen MR) is 110 cm³/mol. The van der Waals surface area contributed by atoms with E-state index >= 15 is 0 Å². The summed E-state index contributed by atoms with van der Waals surface area (Å²) in [4.78, 5) is 6.79. The first-order chi connectivity index (χ1) is 12.7. The monoisotopic (exact) mass is 371 g/mol. The van der Waals surface area contributed by atoms with Crippen LogP contribution >= 0.6 is 12.2 Å². The zero-order valence-electron chi connectivity index (χ0n) is 15.0. The number of hydrogen-bond donors (Lipinski definition) is 3. The fourth-order valence-corrected chi connectivity index (χ4v) is 2.96. The highest BCUT2D eigenvalue weighted by molar-refractivity contribution is 7.80. The summed E-state index contributed by atoms with van der Waals surface area (Å²) in [5.41, 5.74) is 3.10. The molecule has 0 aliphatic carbocycles. The van der Waals surface area contributed by atoms with Crippen LogP contribution < -0.4 is 16.0 Å². The number of nitrogens with one attached hydrogen (secondary N) is 3. The highest BCUT2D eigenvalue weighted by Gasteiger charge is 2.09. The molecule has 2 aromatic rings. The topological polar surface area (TPSA) is 61.5 Å². The van der Waals surface area contributed by atoms with Crippen LogP contribution in [0.2, 0.25) is 0 Å². The third kappa shape index (κ3) is 5.94. The van der Waals surface area contributed by atoms with Gasteiger partial charge in [-0.3, -0.25) is 4.90 Å². The molecule has 3 rings (SSSR count). The number of pyridine rings is 1. The van der Waals surface area contributed by atoms with Gasteiger partial charge in [-0.1, -0.05) is 12.1 Å². The Bertz CT molecular complexity index is 716. The van der Waals surface area contributed by atoms with Crippen LogP contribution in [0.5, 0.6) is 0 Å². The van der Waals surface area contributed by atoms with E-state index in [1.807, 2.05) is 24.3 Å². The van der Waals surface area contributed by atoms with E-state index < -0.39 is 0 Å². The molecule has 0 unspecified atom stereocenters. The molecule has 26 heavy (non-hydrogen) atoms. The molecule has 1 aliphatic rings. The lowest BCUT2D eigenvalue weighted by Crippen LogP contribution is -2.42. The molecule has 0 bridgehead atoms. The Balaban J connectivity index is 1.42. The Kier molecular flexibility index (Phi) is 6.76. The van der Waals surface area contributed by atoms with Gasteiger partial charge in [0.2, 0.25) is 0 Å². The molecule has 7 heteroatoms. The number of rotatable bonds is 6. The van der Waals surface area contributed by atoms with Crippen molar-refractivity contribution in [1.82, 2.24) is 15.2 Å². The lowest BCUT2D eigenvalue weighted by atomic mass is 10.2. The third-order valence-electron chi connectivity index (χ3n) is 4.13. The number of anilines is 3. The number of hydrogen-bond acceptors (Lipinski definition) is 5. The van der Waals surface area contributed by atoms with Gasteiger partial charge < -0.3 is 20.7 Å². The average Bonchev–Trinajstić information content (AvgIpc) is 2.64. The Morgan fingerprint density at radius 2 is 2.04 bits per heavy atom. The molecule has 0 radical (unpaired) electrons. The van der Waals surface area contributed by atoms with Gasteiger partial charge in [0.25, 0.3) is 0 Å². The molecule has 0 spiro atoms. The first-order valence-corrected chi connectivity index (χ1v) is 9.24. The van der Waals surface area contributed by atoms with Crippen molar-refractivity contribution in [1.29, 1.82) is 0 Å². The molecule has 1 fully saturated rings. The largest absolute Gasteiger partial charge is 0.379 e. The quantitative estimate of drug-likeness (QED) is 0.675. The first kappa shape index (κ1) is 18.6. The second-order valence-corrected chi connectivity index (χ2v) is 6.67. The number of aryl methyl sites for hydroxylation is 1. The van der Waals surface area contributed by atoms with Crippen molar-refractivity contribution in [2.24, 2.45) is 0 Å². The Morgan fingerprint density at radius 3 is 2.77 bits per heavy atom. The standard InChI is InChI=1S/C19H25N5OS/c1-15-3-2-4-16(13-15)22-18-6-5-17(14-21-18)23-19(26)20-7-8-24-9-11-25-12-10-24/h2-6,13-14H,7-12H2,1H3,(H,21,22)(H2,20,23,26). The maximum absolute atomic E-state index is 5.35. The van der Waals surface area contributed by atoms with Gasteiger partial charge in [-0.2, -0.15) is 0 Å². The lowest BCUT2D eigenvalue weighted by molar-refractivity contribution is 0.0389. The number of aromatic nitrogens is 1. The van der Waals surface area contributed by atoms with Gasteiger partial charge in [-0.25, -0.2) is 4.98 Å². The van der Waals surface area contributed by atoms with Gasteiger partial charge in [-0.15, -0.1) is 0 Å². The van der Waals surface area contributed by atoms with E-state index in [2.05, 4.69) is 44.9 Å². The minimum absolute atomic E-state index is 0.611. The van der Waals surface area contributed by atoms with Crippen molar-refractivity contribution >= 4 is 34.5 Å². The van der Waals surface area contributed by atoms with Crippen molar-refractivity contribution in [2.45, 2.75) is 6.92 Å². The van der Waals surface area contributed by atoms with Gasteiger partial charge in [0.1, 0.15) is 5.82 Å². The maximum Gasteiger partial charge on any atom is 0.170 e. The second kappa shape index (κ2) is 9.47. The van der Waals surface area contributed by atoms with Crippen LogP contribution in [0.1, 0.15) is 5.56 Å². The van der Waals surface area contributed by atoms with Crippen molar-refractivity contribution in [2.75, 3.05) is 50.0 Å². The highest BCUT2D eigenvalue weighted by Crippen LogP contribution is 2.17. The van der Waals surface area contributed by atoms with Crippen molar-refractivity contribution in [3.63, 3.8) is 0 Å². The van der Waals surface area contributed by atoms with Gasteiger partial charge in [0.15, 0.2) is 5.11 Å². The van der Waals surface area contributed by atoms with Crippen LogP contribution in [0, 0.1) is 6.92 Å². The molecule has 138 valence electrons. The second-order valence-electron chi connectivity index (χ2n) is 6.26. The highest BCUT2D eigenvalue weighted by atomic mass is 32.1. The van der Waals surface area contributed by atoms with Crippen LogP contribution in [-0.4, -0.2) is 54.4 Å². The minimum Gasteiger partial charge on any atom is -0.379 e. The molecule has 1 aromatic carbocycles. The summed E-state index contributed by atoms with van der Waals surface area (Å²) in [6, 6.07) is 12.1. The zero-order valence-corrected chi connectivity index (χ0v) is 15.8. The van der Waals surface area contributed by atoms with Crippen LogP contribution in [-0.2, 0) is 4.74 Å². The molecule has 0 atom stereocenters. The summed E-state index contributed by atoms with van der Waals surface area (Å²) >= 11 is 5.35. The number of benzene rings is 1. The fourth-order valence-electron chi connectivity index (χ4n) is 2.74. The minimum atomic E-state index is 0.611. The van der Waals surface area contributed by atoms with Gasteiger partial charge >= 0.3 is 0 Å². The fraction of sp³-hybridized carbons (Fsp3) is 0.368. The number of thiocarbonyl (C=S) groups is 1. The van der Waals surface area contributed by atoms with E-state index in [1.165, 1.54) is 5.56 Å². The lowest BCUT2D eigenvalue weighted by Gasteiger charge is -2.26. The van der Waals surface area contributed by atoms with E-state index in [-0.39, 0.29) is 0 Å². The predicted octanol–water partition coefficient (Wildman–Crippen LogP) is 2.75. The smallest absolute Gasteiger partial charge is 0.170 e. The molecule has 0 amide bonds. The normalized spacial score (nSPS) is 14.7. The summed E-state index contributed by atoms with van der Waals surface area (Å²) in [5, 5.41) is 10.3. The SMILES string of the molecule is Cc1cccc(Nc2ccc(NC(=S)NCCN3CCOCC3)cn2)c1. The summed E-state index contributed by atoms with van der Waals surface area (Å²) in [6.07, 6.45) is 1.77. The molecule has 1 aliphatic heterocycles. The summed E-state index contributed by atoms with van der Waals surface area (Å²) in [6.45, 7) is 7.45. The van der Waals surface area contributed by atoms with E-state index in [0.717, 1.165) is 56.6 Å². The Morgan fingerprint density at radius 1 is 1.19 bits per heavy atom. The molecule has 0 saturated carbocycles. The van der Waals surface area contributed by atoms with Crippen LogP contribution in [0.3, 0.4) is 0 Å². The van der Waals surface area contributed by atoms with Crippen LogP contribution in [0.4, 0.5) is 17.2 Å². The number of ether oxygens (including phenoxy) is 1. The molecule has 1 saturated heterocycles. The maximum atomic E-state index is 5.35. The number of morpholine rings is 1. The zero-order chi connectivity index (χ0) is 18.2. The molecule has 6 nitrogen and oxygen atoms in total.